The van der Waals surface area contributed by atoms with Crippen LogP contribution in [0.4, 0.5) is 0 Å². The number of hydrogen-bond acceptors (Lipinski definition) is 2. The van der Waals surface area contributed by atoms with Gasteiger partial charge in [-0.1, -0.05) is 31.5 Å². The topological polar surface area (TPSA) is 54.4 Å². The van der Waals surface area contributed by atoms with E-state index >= 15 is 0 Å². The molecule has 2 unspecified atom stereocenters. The lowest BCUT2D eigenvalue weighted by Gasteiger charge is -2.15. The van der Waals surface area contributed by atoms with Crippen LogP contribution in [-0.4, -0.2) is 20.5 Å². The van der Waals surface area contributed by atoms with Gasteiger partial charge in [-0.25, -0.2) is 0 Å². The van der Waals surface area contributed by atoms with Gasteiger partial charge in [-0.05, 0) is 25.0 Å². The van der Waals surface area contributed by atoms with Gasteiger partial charge in [0.15, 0.2) is 0 Å². The molecule has 0 saturated heterocycles. The van der Waals surface area contributed by atoms with E-state index in [0.717, 1.165) is 5.56 Å². The molecule has 0 spiro atoms. The van der Waals surface area contributed by atoms with Crippen molar-refractivity contribution < 1.29 is 14.1 Å². The van der Waals surface area contributed by atoms with Crippen LogP contribution in [0.25, 0.3) is 0 Å². The van der Waals surface area contributed by atoms with E-state index in [1.165, 1.54) is 0 Å². The molecule has 0 radical (unpaired) electrons. The highest BCUT2D eigenvalue weighted by molar-refractivity contribution is 7.86. The third kappa shape index (κ3) is 2.92. The molecular weight excluding hydrogens is 224 g/mol. The normalized spacial score (nSPS) is 14.8. The second-order valence-corrected chi connectivity index (χ2v) is 5.69. The van der Waals surface area contributed by atoms with E-state index in [1.54, 1.807) is 26.0 Å². The molecule has 1 rings (SSSR count). The van der Waals surface area contributed by atoms with Gasteiger partial charge in [0.1, 0.15) is 5.25 Å². The number of carboxylic acids is 1. The summed E-state index contributed by atoms with van der Waals surface area (Å²) in [7, 11) is -1.49. The Morgan fingerprint density at radius 3 is 2.12 bits per heavy atom. The maximum atomic E-state index is 12.1. The van der Waals surface area contributed by atoms with Gasteiger partial charge in [0, 0.05) is 4.90 Å². The van der Waals surface area contributed by atoms with Gasteiger partial charge in [-0.3, -0.25) is 9.00 Å². The largest absolute Gasteiger partial charge is 0.480 e. The first-order valence-electron chi connectivity index (χ1n) is 5.13. The number of carboxylic acid groups (broad SMARTS) is 1. The number of aliphatic carboxylic acids is 1. The molecule has 0 amide bonds. The van der Waals surface area contributed by atoms with Gasteiger partial charge >= 0.3 is 5.97 Å². The Bertz CT molecular complexity index is 395. The van der Waals surface area contributed by atoms with Crippen LogP contribution in [0.15, 0.2) is 29.2 Å². The highest BCUT2D eigenvalue weighted by Gasteiger charge is 2.28. The van der Waals surface area contributed by atoms with Gasteiger partial charge < -0.3 is 5.11 Å². The zero-order valence-corrected chi connectivity index (χ0v) is 10.5. The van der Waals surface area contributed by atoms with Crippen molar-refractivity contribution in [2.75, 3.05) is 0 Å². The molecule has 3 nitrogen and oxygen atoms in total. The standard InChI is InChI=1S/C12H16O3S/c1-8(2)11(12(13)14)16(15)10-6-4-9(3)5-7-10/h4-8,11H,1-3H3,(H,13,14). The monoisotopic (exact) mass is 240 g/mol. The molecule has 0 saturated carbocycles. The smallest absolute Gasteiger partial charge is 0.319 e. The van der Waals surface area contributed by atoms with Crippen molar-refractivity contribution in [2.24, 2.45) is 5.92 Å². The fraction of sp³-hybridized carbons (Fsp3) is 0.417. The first kappa shape index (κ1) is 12.9. The lowest BCUT2D eigenvalue weighted by molar-refractivity contribution is -0.137. The Kier molecular flexibility index (Phi) is 4.24. The number of rotatable bonds is 4. The van der Waals surface area contributed by atoms with Crippen molar-refractivity contribution in [3.63, 3.8) is 0 Å². The molecule has 4 heteroatoms. The molecule has 2 atom stereocenters. The van der Waals surface area contributed by atoms with E-state index in [1.807, 2.05) is 19.1 Å². The third-order valence-corrected chi connectivity index (χ3v) is 4.28. The van der Waals surface area contributed by atoms with Crippen molar-refractivity contribution in [2.45, 2.75) is 30.9 Å². The van der Waals surface area contributed by atoms with Crippen LogP contribution >= 0.6 is 0 Å². The van der Waals surface area contributed by atoms with Gasteiger partial charge in [-0.2, -0.15) is 0 Å². The molecule has 0 aromatic heterocycles. The summed E-state index contributed by atoms with van der Waals surface area (Å²) in [6.07, 6.45) is 0. The number of benzene rings is 1. The minimum absolute atomic E-state index is 0.153. The van der Waals surface area contributed by atoms with Crippen LogP contribution in [0.3, 0.4) is 0 Å². The number of carbonyl (C=O) groups is 1. The van der Waals surface area contributed by atoms with Crippen LogP contribution in [-0.2, 0) is 15.6 Å². The molecule has 16 heavy (non-hydrogen) atoms. The van der Waals surface area contributed by atoms with E-state index in [0.29, 0.717) is 4.90 Å². The fourth-order valence-corrected chi connectivity index (χ4v) is 2.82. The van der Waals surface area contributed by atoms with E-state index in [4.69, 9.17) is 5.11 Å². The Hall–Kier alpha value is -1.16. The Morgan fingerprint density at radius 1 is 1.25 bits per heavy atom. The van der Waals surface area contributed by atoms with Gasteiger partial charge in [-0.15, -0.1) is 0 Å². The number of aryl methyl sites for hydroxylation is 1. The Balaban J connectivity index is 2.99. The second kappa shape index (κ2) is 5.25. The van der Waals surface area contributed by atoms with Gasteiger partial charge in [0.05, 0.1) is 10.8 Å². The number of hydrogen-bond donors (Lipinski definition) is 1. The molecule has 88 valence electrons. The molecule has 0 aliphatic rings. The predicted octanol–water partition coefficient (Wildman–Crippen LogP) is 2.21. The molecule has 0 aliphatic carbocycles. The van der Waals surface area contributed by atoms with Crippen molar-refractivity contribution in [1.29, 1.82) is 0 Å². The molecule has 0 bridgehead atoms. The summed E-state index contributed by atoms with van der Waals surface area (Å²) in [5.41, 5.74) is 1.07. The van der Waals surface area contributed by atoms with Crippen molar-refractivity contribution in [1.82, 2.24) is 0 Å². The summed E-state index contributed by atoms with van der Waals surface area (Å²) in [5.74, 6) is -1.16. The van der Waals surface area contributed by atoms with E-state index in [-0.39, 0.29) is 5.92 Å². The molecule has 1 N–H and O–H groups in total. The van der Waals surface area contributed by atoms with Crippen LogP contribution in [0, 0.1) is 12.8 Å². The minimum atomic E-state index is -1.49. The summed E-state index contributed by atoms with van der Waals surface area (Å²) >= 11 is 0. The summed E-state index contributed by atoms with van der Waals surface area (Å²) in [4.78, 5) is 11.6. The molecule has 1 aromatic rings. The highest BCUT2D eigenvalue weighted by Crippen LogP contribution is 2.18. The quantitative estimate of drug-likeness (QED) is 0.878. The molecule has 1 aromatic carbocycles. The predicted molar refractivity (Wildman–Crippen MR) is 63.8 cm³/mol. The molecule has 0 aliphatic heterocycles. The summed E-state index contributed by atoms with van der Waals surface area (Å²) in [6, 6.07) is 7.13. The average molecular weight is 240 g/mol. The molecule has 0 fully saturated rings. The zero-order valence-electron chi connectivity index (χ0n) is 9.64. The van der Waals surface area contributed by atoms with E-state index < -0.39 is 22.0 Å². The fourth-order valence-electron chi connectivity index (χ4n) is 1.44. The second-order valence-electron chi connectivity index (χ2n) is 4.11. The van der Waals surface area contributed by atoms with Crippen molar-refractivity contribution in [3.05, 3.63) is 29.8 Å². The Labute approximate surface area is 98.0 Å². The molecule has 0 heterocycles. The summed E-state index contributed by atoms with van der Waals surface area (Å²) in [5, 5.41) is 8.19. The van der Waals surface area contributed by atoms with Crippen LogP contribution in [0.5, 0.6) is 0 Å². The average Bonchev–Trinajstić information content (AvgIpc) is 2.17. The Morgan fingerprint density at radius 2 is 1.75 bits per heavy atom. The maximum absolute atomic E-state index is 12.1. The molecular formula is C12H16O3S. The van der Waals surface area contributed by atoms with Gasteiger partial charge in [0.2, 0.25) is 0 Å². The van der Waals surface area contributed by atoms with Crippen LogP contribution in [0.2, 0.25) is 0 Å². The lowest BCUT2D eigenvalue weighted by atomic mass is 10.1. The first-order chi connectivity index (χ1) is 7.43. The van der Waals surface area contributed by atoms with Crippen molar-refractivity contribution in [3.8, 4) is 0 Å². The highest BCUT2D eigenvalue weighted by atomic mass is 32.2. The maximum Gasteiger partial charge on any atom is 0.319 e. The van der Waals surface area contributed by atoms with E-state index in [9.17, 15) is 9.00 Å². The third-order valence-electron chi connectivity index (χ3n) is 2.33. The van der Waals surface area contributed by atoms with Gasteiger partial charge in [0.25, 0.3) is 0 Å². The van der Waals surface area contributed by atoms with Crippen molar-refractivity contribution >= 4 is 16.8 Å². The van der Waals surface area contributed by atoms with Crippen LogP contribution < -0.4 is 0 Å². The summed E-state index contributed by atoms with van der Waals surface area (Å²) < 4.78 is 12.1. The SMILES string of the molecule is Cc1ccc(S(=O)C(C(=O)O)C(C)C)cc1. The lowest BCUT2D eigenvalue weighted by Crippen LogP contribution is -2.31. The van der Waals surface area contributed by atoms with Crippen LogP contribution in [0.1, 0.15) is 19.4 Å². The zero-order chi connectivity index (χ0) is 12.3. The summed E-state index contributed by atoms with van der Waals surface area (Å²) in [6.45, 7) is 5.47. The van der Waals surface area contributed by atoms with E-state index in [2.05, 4.69) is 0 Å². The minimum Gasteiger partial charge on any atom is -0.480 e. The first-order valence-corrected chi connectivity index (χ1v) is 6.35.